The van der Waals surface area contributed by atoms with Gasteiger partial charge < -0.3 is 16.7 Å². The molecule has 4 nitrogen and oxygen atoms in total. The van der Waals surface area contributed by atoms with Gasteiger partial charge in [0, 0.05) is 0 Å². The van der Waals surface area contributed by atoms with Gasteiger partial charge in [0.15, 0.2) is 0 Å². The highest BCUT2D eigenvalue weighted by Crippen LogP contribution is 2.24. The number of nitrogens with one attached hydrogen (secondary N) is 1. The molecule has 0 aromatic heterocycles. The first-order valence-corrected chi connectivity index (χ1v) is 8.33. The Labute approximate surface area is 124 Å². The van der Waals surface area contributed by atoms with Crippen LogP contribution in [0.3, 0.4) is 0 Å². The molecule has 0 bridgehead atoms. The molecule has 20 heavy (non-hydrogen) atoms. The number of rotatable bonds is 7. The molecule has 1 aliphatic carbocycles. The average molecular weight is 280 g/mol. The van der Waals surface area contributed by atoms with Crippen LogP contribution in [0.15, 0.2) is 0 Å². The molecule has 1 unspecified atom stereocenters. The van der Waals surface area contributed by atoms with Crippen LogP contribution < -0.4 is 16.7 Å². The lowest BCUT2D eigenvalue weighted by molar-refractivity contribution is -0.120. The maximum atomic E-state index is 11.9. The fraction of sp³-hybridized carbons (Fsp3) is 0.933. The maximum absolute atomic E-state index is 11.9. The molecule has 1 rings (SSSR count). The van der Waals surface area contributed by atoms with Crippen LogP contribution in [0.25, 0.3) is 0 Å². The van der Waals surface area contributed by atoms with Crippen LogP contribution in [0.1, 0.15) is 70.6 Å². The van der Waals surface area contributed by atoms with E-state index in [2.05, 4.69) is 5.23 Å². The minimum Gasteiger partial charge on any atom is -0.402 e. The lowest BCUT2D eigenvalue weighted by atomic mass is 9.70. The van der Waals surface area contributed by atoms with E-state index in [9.17, 15) is 4.79 Å². The van der Waals surface area contributed by atoms with Gasteiger partial charge in [0.25, 0.3) is 0 Å². The van der Waals surface area contributed by atoms with Gasteiger partial charge in [-0.2, -0.15) is 0 Å². The average Bonchev–Trinajstić information content (AvgIpc) is 2.58. The first-order chi connectivity index (χ1) is 9.74. The Bertz CT molecular complexity index is 254. The van der Waals surface area contributed by atoms with Gasteiger partial charge in [0.1, 0.15) is 0 Å². The van der Waals surface area contributed by atoms with E-state index in [0.717, 1.165) is 19.3 Å². The van der Waals surface area contributed by atoms with Crippen molar-refractivity contribution in [2.24, 2.45) is 11.5 Å². The molecule has 5 heteroatoms. The summed E-state index contributed by atoms with van der Waals surface area (Å²) in [7, 11) is 2.00. The van der Waals surface area contributed by atoms with Crippen molar-refractivity contribution in [3.63, 3.8) is 0 Å². The zero-order valence-corrected chi connectivity index (χ0v) is 12.8. The van der Waals surface area contributed by atoms with Gasteiger partial charge in [-0.1, -0.05) is 57.8 Å². The second-order valence-corrected chi connectivity index (χ2v) is 6.02. The Kier molecular flexibility index (Phi) is 9.76. The van der Waals surface area contributed by atoms with E-state index < -0.39 is 6.04 Å². The Morgan fingerprint density at radius 2 is 1.70 bits per heavy atom. The lowest BCUT2D eigenvalue weighted by Crippen LogP contribution is -2.43. The molecule has 0 aromatic rings. The van der Waals surface area contributed by atoms with Crippen molar-refractivity contribution < 1.29 is 4.79 Å². The third-order valence-electron chi connectivity index (χ3n) is 4.17. The summed E-state index contributed by atoms with van der Waals surface area (Å²) >= 11 is 0. The normalized spacial score (nSPS) is 19.5. The number of unbranched alkanes of at least 4 members (excludes halogenated alkanes) is 1. The summed E-state index contributed by atoms with van der Waals surface area (Å²) in [6.07, 6.45) is 12.9. The lowest BCUT2D eigenvalue weighted by Gasteiger charge is -2.17. The van der Waals surface area contributed by atoms with E-state index in [1.54, 1.807) is 0 Å². The molecule has 0 saturated heterocycles. The third kappa shape index (κ3) is 7.90. The molecule has 0 aromatic carbocycles. The SMILES string of the molecule is NCCCCC(N)C(=O)N[B]C1CCCCCCCC1. The molecule has 1 atom stereocenters. The standard InChI is InChI=1S/C15H31BN3O/c17-12-8-7-11-14(18)15(20)19-16-13-9-5-3-1-2-4-6-10-13/h13-14H,1-12,17-18H2,(H,19,20). The molecule has 5 N–H and O–H groups in total. The minimum absolute atomic E-state index is 0.0399. The first-order valence-electron chi connectivity index (χ1n) is 8.33. The van der Waals surface area contributed by atoms with Crippen molar-refractivity contribution in [3.8, 4) is 0 Å². The van der Waals surface area contributed by atoms with Crippen molar-refractivity contribution in [1.82, 2.24) is 5.23 Å². The monoisotopic (exact) mass is 280 g/mol. The van der Waals surface area contributed by atoms with Gasteiger partial charge in [-0.05, 0) is 25.2 Å². The van der Waals surface area contributed by atoms with Crippen LogP contribution in [-0.4, -0.2) is 25.9 Å². The fourth-order valence-electron chi connectivity index (χ4n) is 2.78. The van der Waals surface area contributed by atoms with Crippen LogP contribution in [0.4, 0.5) is 0 Å². The Morgan fingerprint density at radius 1 is 1.10 bits per heavy atom. The predicted octanol–water partition coefficient (Wildman–Crippen LogP) is 2.10. The molecule has 115 valence electrons. The highest BCUT2D eigenvalue weighted by Gasteiger charge is 2.17. The van der Waals surface area contributed by atoms with Crippen molar-refractivity contribution >= 4 is 13.3 Å². The van der Waals surface area contributed by atoms with Gasteiger partial charge in [0.05, 0.1) is 6.04 Å². The highest BCUT2D eigenvalue weighted by molar-refractivity contribution is 6.39. The van der Waals surface area contributed by atoms with Crippen LogP contribution in [-0.2, 0) is 4.79 Å². The van der Waals surface area contributed by atoms with E-state index in [0.29, 0.717) is 12.4 Å². The van der Waals surface area contributed by atoms with Crippen molar-refractivity contribution in [2.45, 2.75) is 82.5 Å². The van der Waals surface area contributed by atoms with Gasteiger partial charge in [0.2, 0.25) is 13.3 Å². The molecular formula is C15H31BN3O. The van der Waals surface area contributed by atoms with Gasteiger partial charge >= 0.3 is 0 Å². The number of hydrogen-bond donors (Lipinski definition) is 3. The Morgan fingerprint density at radius 3 is 2.30 bits per heavy atom. The van der Waals surface area contributed by atoms with E-state index >= 15 is 0 Å². The number of carbonyl (C=O) groups excluding carboxylic acids is 1. The molecule has 0 spiro atoms. The summed E-state index contributed by atoms with van der Waals surface area (Å²) in [6.45, 7) is 0.669. The van der Waals surface area contributed by atoms with Crippen molar-refractivity contribution in [1.29, 1.82) is 0 Å². The number of nitrogens with two attached hydrogens (primary N) is 2. The molecule has 0 aliphatic heterocycles. The topological polar surface area (TPSA) is 81.1 Å². The molecule has 1 radical (unpaired) electrons. The van der Waals surface area contributed by atoms with E-state index in [1.807, 2.05) is 7.41 Å². The second kappa shape index (κ2) is 11.2. The zero-order chi connectivity index (χ0) is 14.6. The molecule has 1 saturated carbocycles. The number of carbonyl (C=O) groups is 1. The van der Waals surface area contributed by atoms with Crippen LogP contribution in [0, 0.1) is 0 Å². The fourth-order valence-corrected chi connectivity index (χ4v) is 2.78. The maximum Gasteiger partial charge on any atom is 0.249 e. The highest BCUT2D eigenvalue weighted by atomic mass is 16.1. The minimum atomic E-state index is -0.394. The molecule has 1 aliphatic rings. The van der Waals surface area contributed by atoms with Gasteiger partial charge in [-0.15, -0.1) is 0 Å². The largest absolute Gasteiger partial charge is 0.402 e. The summed E-state index contributed by atoms with van der Waals surface area (Å²) in [4.78, 5) is 11.9. The first kappa shape index (κ1) is 17.5. The van der Waals surface area contributed by atoms with Crippen molar-refractivity contribution in [3.05, 3.63) is 0 Å². The molecule has 0 heterocycles. The van der Waals surface area contributed by atoms with Crippen LogP contribution >= 0.6 is 0 Å². The number of hydrogen-bond acceptors (Lipinski definition) is 3. The Balaban J connectivity index is 2.20. The van der Waals surface area contributed by atoms with Crippen LogP contribution in [0.2, 0.25) is 5.82 Å². The Hall–Kier alpha value is -0.545. The third-order valence-corrected chi connectivity index (χ3v) is 4.17. The summed E-state index contributed by atoms with van der Waals surface area (Å²) in [5.41, 5.74) is 11.3. The zero-order valence-electron chi connectivity index (χ0n) is 12.8. The summed E-state index contributed by atoms with van der Waals surface area (Å²) in [5, 5.41) is 2.93. The van der Waals surface area contributed by atoms with Gasteiger partial charge in [-0.25, -0.2) is 0 Å². The molecule has 1 amide bonds. The quantitative estimate of drug-likeness (QED) is 0.493. The summed E-state index contributed by atoms with van der Waals surface area (Å²) < 4.78 is 0. The smallest absolute Gasteiger partial charge is 0.249 e. The predicted molar refractivity (Wildman–Crippen MR) is 85.5 cm³/mol. The molecule has 1 fully saturated rings. The number of amides is 1. The molecular weight excluding hydrogens is 249 g/mol. The van der Waals surface area contributed by atoms with E-state index in [1.165, 1.54) is 51.4 Å². The summed E-state index contributed by atoms with van der Waals surface area (Å²) in [6, 6.07) is -0.394. The second-order valence-electron chi connectivity index (χ2n) is 6.02. The van der Waals surface area contributed by atoms with E-state index in [4.69, 9.17) is 11.5 Å². The van der Waals surface area contributed by atoms with Crippen molar-refractivity contribution in [2.75, 3.05) is 6.54 Å². The van der Waals surface area contributed by atoms with E-state index in [-0.39, 0.29) is 5.91 Å². The summed E-state index contributed by atoms with van der Waals surface area (Å²) in [5.74, 6) is 0.482. The van der Waals surface area contributed by atoms with Crippen LogP contribution in [0.5, 0.6) is 0 Å². The van der Waals surface area contributed by atoms with Gasteiger partial charge in [-0.3, -0.25) is 4.79 Å².